The molecule has 0 saturated carbocycles. The minimum atomic E-state index is -0.0581. The third-order valence-corrected chi connectivity index (χ3v) is 5.05. The maximum atomic E-state index is 12.4. The molecule has 0 amide bonds. The van der Waals surface area contributed by atoms with Crippen molar-refractivity contribution in [2.75, 3.05) is 6.61 Å². The van der Waals surface area contributed by atoms with Gasteiger partial charge in [-0.05, 0) is 44.6 Å². The molecule has 0 spiro atoms. The molecule has 0 saturated heterocycles. The first kappa shape index (κ1) is 21.6. The Morgan fingerprint density at radius 3 is 2.25 bits per heavy atom. The van der Waals surface area contributed by atoms with Gasteiger partial charge in [0.15, 0.2) is 5.52 Å². The Balaban J connectivity index is 0.00000288. The van der Waals surface area contributed by atoms with Crippen LogP contribution < -0.4 is 28.9 Å². The Morgan fingerprint density at radius 1 is 1.04 bits per heavy atom. The summed E-state index contributed by atoms with van der Waals surface area (Å²) in [6, 6.07) is 12.7. The molecule has 0 radical (unpaired) electrons. The van der Waals surface area contributed by atoms with Crippen molar-refractivity contribution in [1.29, 1.82) is 0 Å². The van der Waals surface area contributed by atoms with Gasteiger partial charge in [-0.15, -0.1) is 0 Å². The van der Waals surface area contributed by atoms with Crippen LogP contribution in [0.1, 0.15) is 36.5 Å². The van der Waals surface area contributed by atoms with Crippen molar-refractivity contribution >= 4 is 42.6 Å². The van der Waals surface area contributed by atoms with Crippen LogP contribution in [-0.2, 0) is 0 Å². The summed E-state index contributed by atoms with van der Waals surface area (Å²) in [5.74, 6) is 0.831. The smallest absolute Gasteiger partial charge is 0.494 e. The van der Waals surface area contributed by atoms with Crippen molar-refractivity contribution < 1.29 is 28.4 Å². The number of ether oxygens (including phenoxy) is 1. The number of unbranched alkanes of at least 4 members (excludes halogenated alkanes) is 2. The molecule has 2 aromatic rings. The van der Waals surface area contributed by atoms with Gasteiger partial charge in [-0.2, -0.15) is 0 Å². The number of carbonyl (C=O) groups is 1. The molecule has 0 bridgehead atoms. The van der Waals surface area contributed by atoms with E-state index in [-0.39, 0.29) is 33.0 Å². The van der Waals surface area contributed by atoms with Crippen molar-refractivity contribution in [3.63, 3.8) is 0 Å². The Bertz CT molecular complexity index is 642. The molecule has 2 rings (SSSR count). The Labute approximate surface area is 167 Å². The third-order valence-electron chi connectivity index (χ3n) is 3.32. The van der Waals surface area contributed by atoms with Gasteiger partial charge in [0.05, 0.1) is 22.2 Å². The normalized spacial score (nSPS) is 10.6. The molecule has 6 heteroatoms. The SMILES string of the molecule is CCCCCOc1ccc(PC(=O)c2c(Cl)cccc2Cl)cc1.[Li+]. The van der Waals surface area contributed by atoms with Crippen molar-refractivity contribution in [3.8, 4) is 5.75 Å². The van der Waals surface area contributed by atoms with Crippen LogP contribution in [0.15, 0.2) is 42.5 Å². The van der Waals surface area contributed by atoms with E-state index in [1.54, 1.807) is 18.2 Å². The summed E-state index contributed by atoms with van der Waals surface area (Å²) in [7, 11) is -0.0162. The maximum absolute atomic E-state index is 12.4. The second kappa shape index (κ2) is 11.2. The van der Waals surface area contributed by atoms with Gasteiger partial charge in [-0.3, -0.25) is 4.79 Å². The second-order valence-electron chi connectivity index (χ2n) is 5.13. The molecule has 0 aromatic heterocycles. The van der Waals surface area contributed by atoms with Crippen LogP contribution in [0.5, 0.6) is 5.75 Å². The van der Waals surface area contributed by atoms with E-state index < -0.39 is 0 Å². The summed E-state index contributed by atoms with van der Waals surface area (Å²) in [6.07, 6.45) is 3.41. The molecule has 0 N–H and O–H groups in total. The molecule has 122 valence electrons. The van der Waals surface area contributed by atoms with Crippen LogP contribution in [0.2, 0.25) is 10.0 Å². The van der Waals surface area contributed by atoms with E-state index >= 15 is 0 Å². The van der Waals surface area contributed by atoms with Gasteiger partial charge in [-0.1, -0.05) is 61.2 Å². The van der Waals surface area contributed by atoms with Crippen molar-refractivity contribution in [2.45, 2.75) is 26.2 Å². The average Bonchev–Trinajstić information content (AvgIpc) is 2.53. The fourth-order valence-corrected chi connectivity index (χ4v) is 3.80. The first-order valence-electron chi connectivity index (χ1n) is 7.60. The fourth-order valence-electron chi connectivity index (χ4n) is 2.08. The van der Waals surface area contributed by atoms with Gasteiger partial charge < -0.3 is 4.74 Å². The zero-order valence-corrected chi connectivity index (χ0v) is 16.5. The summed E-state index contributed by atoms with van der Waals surface area (Å²) in [5.41, 5.74) is 0.339. The zero-order chi connectivity index (χ0) is 16.7. The van der Waals surface area contributed by atoms with E-state index in [0.717, 1.165) is 24.1 Å². The number of carbonyl (C=O) groups excluding carboxylic acids is 1. The van der Waals surface area contributed by atoms with E-state index in [1.165, 1.54) is 12.8 Å². The van der Waals surface area contributed by atoms with Crippen molar-refractivity contribution in [2.24, 2.45) is 0 Å². The molecule has 0 heterocycles. The quantitative estimate of drug-likeness (QED) is 0.402. The summed E-state index contributed by atoms with van der Waals surface area (Å²) in [6.45, 7) is 2.89. The summed E-state index contributed by atoms with van der Waals surface area (Å²) in [5, 5.41) is 1.73. The van der Waals surface area contributed by atoms with Crippen LogP contribution in [0.4, 0.5) is 0 Å². The minimum absolute atomic E-state index is 0. The first-order chi connectivity index (χ1) is 11.1. The molecule has 0 aliphatic heterocycles. The molecule has 1 unspecified atom stereocenters. The predicted molar refractivity (Wildman–Crippen MR) is 100 cm³/mol. The van der Waals surface area contributed by atoms with E-state index in [4.69, 9.17) is 27.9 Å². The van der Waals surface area contributed by atoms with Gasteiger partial charge in [0.1, 0.15) is 5.75 Å². The molecular formula is C18H19Cl2LiO2P+. The first-order valence-corrected chi connectivity index (χ1v) is 9.35. The third kappa shape index (κ3) is 6.44. The van der Waals surface area contributed by atoms with Gasteiger partial charge >= 0.3 is 18.9 Å². The molecule has 2 nitrogen and oxygen atoms in total. The van der Waals surface area contributed by atoms with E-state index in [2.05, 4.69) is 6.92 Å². The van der Waals surface area contributed by atoms with Crippen LogP contribution in [0.3, 0.4) is 0 Å². The molecule has 0 aliphatic rings. The van der Waals surface area contributed by atoms with Gasteiger partial charge in [0, 0.05) is 0 Å². The molecule has 1 atom stereocenters. The van der Waals surface area contributed by atoms with Gasteiger partial charge in [-0.25, -0.2) is 0 Å². The topological polar surface area (TPSA) is 26.3 Å². The number of hydrogen-bond acceptors (Lipinski definition) is 2. The monoisotopic (exact) mass is 375 g/mol. The number of hydrogen-bond donors (Lipinski definition) is 0. The second-order valence-corrected chi connectivity index (χ2v) is 7.23. The van der Waals surface area contributed by atoms with Crippen LogP contribution >= 0.6 is 31.8 Å². The van der Waals surface area contributed by atoms with Gasteiger partial charge in [0.2, 0.25) is 0 Å². The fraction of sp³-hybridized carbons (Fsp3) is 0.278. The van der Waals surface area contributed by atoms with Gasteiger partial charge in [0.25, 0.3) is 0 Å². The van der Waals surface area contributed by atoms with Crippen LogP contribution in [0, 0.1) is 0 Å². The predicted octanol–water partition coefficient (Wildman–Crippen LogP) is 2.71. The average molecular weight is 376 g/mol. The molecular weight excluding hydrogens is 357 g/mol. The molecule has 2 aromatic carbocycles. The Hall–Kier alpha value is -0.483. The Kier molecular flexibility index (Phi) is 10.1. The van der Waals surface area contributed by atoms with E-state index in [0.29, 0.717) is 15.6 Å². The van der Waals surface area contributed by atoms with E-state index in [1.807, 2.05) is 24.3 Å². The maximum Gasteiger partial charge on any atom is 1.00 e. The standard InChI is InChI=1S/C18H19Cl2O2P.Li/c1-2-3-4-12-22-13-8-10-14(11-9-13)23-18(21)17-15(19)6-5-7-16(17)20;/h5-11,23H,2-4,12H2,1H3;/q;+1. The molecule has 0 fully saturated rings. The number of halogens is 2. The number of rotatable bonds is 8. The zero-order valence-electron chi connectivity index (χ0n) is 13.9. The summed E-state index contributed by atoms with van der Waals surface area (Å²) in [4.78, 5) is 12.4. The summed E-state index contributed by atoms with van der Waals surface area (Å²) < 4.78 is 5.67. The number of benzene rings is 2. The molecule has 0 aliphatic carbocycles. The van der Waals surface area contributed by atoms with E-state index in [9.17, 15) is 4.79 Å². The van der Waals surface area contributed by atoms with Crippen LogP contribution in [0.25, 0.3) is 0 Å². The van der Waals surface area contributed by atoms with Crippen molar-refractivity contribution in [1.82, 2.24) is 0 Å². The summed E-state index contributed by atoms with van der Waals surface area (Å²) >= 11 is 12.2. The Morgan fingerprint density at radius 2 is 1.67 bits per heavy atom. The molecule has 24 heavy (non-hydrogen) atoms. The van der Waals surface area contributed by atoms with Crippen molar-refractivity contribution in [3.05, 3.63) is 58.1 Å². The van der Waals surface area contributed by atoms with Crippen LogP contribution in [-0.4, -0.2) is 12.1 Å². The largest absolute Gasteiger partial charge is 1.00 e. The minimum Gasteiger partial charge on any atom is -0.494 e.